The van der Waals surface area contributed by atoms with Crippen LogP contribution in [0.25, 0.3) is 4.72 Å². The molecule has 2 aromatic carbocycles. The molecule has 0 saturated carbocycles. The molecule has 0 aliphatic rings. The van der Waals surface area contributed by atoms with Crippen molar-refractivity contribution < 1.29 is 13.2 Å². The zero-order chi connectivity index (χ0) is 15.5. The summed E-state index contributed by atoms with van der Waals surface area (Å²) in [5.74, 6) is -0.213. The van der Waals surface area contributed by atoms with Crippen LogP contribution in [0.2, 0.25) is 0 Å². The van der Waals surface area contributed by atoms with E-state index in [9.17, 15) is 13.2 Å². The third-order valence-electron chi connectivity index (χ3n) is 2.70. The van der Waals surface area contributed by atoms with Crippen LogP contribution >= 0.6 is 0 Å². The number of nitrogens with one attached hydrogen (secondary N) is 1. The molecule has 0 radical (unpaired) electrons. The Hall–Kier alpha value is -2.34. The Morgan fingerprint density at radius 2 is 1.76 bits per heavy atom. The Bertz CT molecular complexity index is 753. The molecule has 0 aliphatic heterocycles. The maximum absolute atomic E-state index is 12.2. The highest BCUT2D eigenvalue weighted by Crippen LogP contribution is 2.28. The highest BCUT2D eigenvalue weighted by atomic mass is 32.2. The summed E-state index contributed by atoms with van der Waals surface area (Å²) in [5.41, 5.74) is 1.87. The van der Waals surface area contributed by atoms with E-state index in [1.807, 2.05) is 13.0 Å². The Kier molecular flexibility index (Phi) is 4.28. The lowest BCUT2D eigenvalue weighted by Crippen LogP contribution is -2.06. The van der Waals surface area contributed by atoms with Gasteiger partial charge in [0, 0.05) is 12.6 Å². The number of hydrogen-bond acceptors (Lipinski definition) is 3. The number of anilines is 1. The second-order valence-corrected chi connectivity index (χ2v) is 6.22. The van der Waals surface area contributed by atoms with Gasteiger partial charge in [0.2, 0.25) is 5.91 Å². The van der Waals surface area contributed by atoms with Gasteiger partial charge in [-0.05, 0) is 31.2 Å². The number of nitrogens with zero attached hydrogens (tertiary/aromatic N) is 1. The van der Waals surface area contributed by atoms with Crippen molar-refractivity contribution in [2.45, 2.75) is 18.7 Å². The average Bonchev–Trinajstić information content (AvgIpc) is 2.38. The van der Waals surface area contributed by atoms with E-state index in [2.05, 4.69) is 10.0 Å². The Balaban J connectivity index is 2.21. The van der Waals surface area contributed by atoms with Crippen molar-refractivity contribution in [3.05, 3.63) is 58.8 Å². The van der Waals surface area contributed by atoms with Crippen LogP contribution in [0.15, 0.2) is 53.4 Å². The van der Waals surface area contributed by atoms with E-state index < -0.39 is 10.0 Å². The first-order valence-electron chi connectivity index (χ1n) is 6.29. The lowest BCUT2D eigenvalue weighted by molar-refractivity contribution is -0.114. The van der Waals surface area contributed by atoms with Gasteiger partial charge in [0.15, 0.2) is 0 Å². The van der Waals surface area contributed by atoms with Crippen LogP contribution in [0, 0.1) is 6.92 Å². The van der Waals surface area contributed by atoms with Crippen molar-refractivity contribution in [2.75, 3.05) is 5.32 Å². The van der Waals surface area contributed by atoms with Gasteiger partial charge in [0.1, 0.15) is 10.0 Å². The molecular weight excluding hydrogens is 288 g/mol. The molecule has 0 heterocycles. The van der Waals surface area contributed by atoms with E-state index in [0.29, 0.717) is 11.4 Å². The molecule has 2 rings (SSSR count). The molecule has 0 aliphatic carbocycles. The van der Waals surface area contributed by atoms with Crippen molar-refractivity contribution in [1.29, 1.82) is 0 Å². The molecule has 21 heavy (non-hydrogen) atoms. The molecule has 110 valence electrons. The molecule has 0 bridgehead atoms. The number of sulfonamides is 1. The maximum atomic E-state index is 12.2. The Morgan fingerprint density at radius 3 is 2.33 bits per heavy atom. The zero-order valence-electron chi connectivity index (χ0n) is 11.7. The van der Waals surface area contributed by atoms with Crippen LogP contribution < -0.4 is 5.32 Å². The summed E-state index contributed by atoms with van der Waals surface area (Å²) in [6.45, 7) is 3.26. The van der Waals surface area contributed by atoms with Crippen LogP contribution in [-0.2, 0) is 14.8 Å². The molecule has 2 aromatic rings. The lowest BCUT2D eigenvalue weighted by atomic mass is 10.2. The fraction of sp³-hybridized carbons (Fsp3) is 0.133. The third-order valence-corrected chi connectivity index (χ3v) is 4.02. The molecule has 0 atom stereocenters. The summed E-state index contributed by atoms with van der Waals surface area (Å²) in [6, 6.07) is 12.8. The van der Waals surface area contributed by atoms with Crippen LogP contribution in [0.1, 0.15) is 12.5 Å². The number of carbonyl (C=O) groups excluding carboxylic acids is 1. The molecule has 5 nitrogen and oxygen atoms in total. The van der Waals surface area contributed by atoms with Gasteiger partial charge in [-0.25, -0.2) is 8.42 Å². The minimum Gasteiger partial charge on any atom is -0.573 e. The molecule has 0 spiro atoms. The molecular formula is C15H15N2O3S-. The average molecular weight is 303 g/mol. The monoisotopic (exact) mass is 303 g/mol. The summed E-state index contributed by atoms with van der Waals surface area (Å²) < 4.78 is 28.2. The second kappa shape index (κ2) is 5.97. The predicted octanol–water partition coefficient (Wildman–Crippen LogP) is 3.35. The standard InChI is InChI=1S/C15H15N2O3S/c1-11-4-3-5-14(10-11)17-21(19,20)15-8-6-13(7-9-15)16-12(2)18/h3-10H,1-2H3,(H,16,18)/q-1. The van der Waals surface area contributed by atoms with Crippen molar-refractivity contribution in [1.82, 2.24) is 0 Å². The van der Waals surface area contributed by atoms with Crippen molar-refractivity contribution in [3.63, 3.8) is 0 Å². The SMILES string of the molecule is CC(=O)Nc1ccc(S(=O)(=O)[N-]c2cccc(C)c2)cc1. The highest BCUT2D eigenvalue weighted by molar-refractivity contribution is 7.94. The fourth-order valence-electron chi connectivity index (χ4n) is 1.79. The van der Waals surface area contributed by atoms with E-state index in [-0.39, 0.29) is 10.8 Å². The van der Waals surface area contributed by atoms with Crippen LogP contribution in [0.4, 0.5) is 11.4 Å². The van der Waals surface area contributed by atoms with Gasteiger partial charge in [-0.3, -0.25) is 4.79 Å². The van der Waals surface area contributed by atoms with Gasteiger partial charge in [-0.15, -0.1) is 5.69 Å². The van der Waals surface area contributed by atoms with E-state index >= 15 is 0 Å². The lowest BCUT2D eigenvalue weighted by Gasteiger charge is -2.22. The fourth-order valence-corrected chi connectivity index (χ4v) is 2.77. The normalized spacial score (nSPS) is 11.0. The Morgan fingerprint density at radius 1 is 1.10 bits per heavy atom. The quantitative estimate of drug-likeness (QED) is 0.941. The summed E-state index contributed by atoms with van der Waals surface area (Å²) in [4.78, 5) is 11.0. The first-order chi connectivity index (χ1) is 9.87. The number of rotatable bonds is 4. The van der Waals surface area contributed by atoms with Crippen LogP contribution in [-0.4, -0.2) is 14.3 Å². The van der Waals surface area contributed by atoms with Crippen molar-refractivity contribution >= 4 is 27.3 Å². The van der Waals surface area contributed by atoms with E-state index in [1.165, 1.54) is 31.2 Å². The van der Waals surface area contributed by atoms with Gasteiger partial charge >= 0.3 is 0 Å². The van der Waals surface area contributed by atoms with E-state index in [1.54, 1.807) is 18.2 Å². The summed E-state index contributed by atoms with van der Waals surface area (Å²) in [7, 11) is -3.76. The Labute approximate surface area is 124 Å². The topological polar surface area (TPSA) is 77.3 Å². The van der Waals surface area contributed by atoms with Crippen molar-refractivity contribution in [2.24, 2.45) is 0 Å². The minimum absolute atomic E-state index is 0.0816. The maximum Gasteiger partial charge on any atom is 0.221 e. The van der Waals surface area contributed by atoms with Gasteiger partial charge in [0.05, 0.1) is 4.90 Å². The second-order valence-electron chi connectivity index (χ2n) is 4.61. The zero-order valence-corrected chi connectivity index (χ0v) is 12.5. The van der Waals surface area contributed by atoms with Crippen molar-refractivity contribution in [3.8, 4) is 0 Å². The first-order valence-corrected chi connectivity index (χ1v) is 7.73. The third kappa shape index (κ3) is 4.06. The van der Waals surface area contributed by atoms with Gasteiger partial charge in [-0.1, -0.05) is 29.8 Å². The molecule has 0 saturated heterocycles. The predicted molar refractivity (Wildman–Crippen MR) is 82.1 cm³/mol. The van der Waals surface area contributed by atoms with Crippen LogP contribution in [0.5, 0.6) is 0 Å². The largest absolute Gasteiger partial charge is 0.573 e. The smallest absolute Gasteiger partial charge is 0.221 e. The minimum atomic E-state index is -3.76. The molecule has 1 amide bonds. The molecule has 0 fully saturated rings. The number of hydrogen-bond donors (Lipinski definition) is 1. The molecule has 0 aromatic heterocycles. The van der Waals surface area contributed by atoms with Gasteiger partial charge < -0.3 is 10.0 Å². The summed E-state index contributed by atoms with van der Waals surface area (Å²) in [6.07, 6.45) is 0. The number of carbonyl (C=O) groups is 1. The van der Waals surface area contributed by atoms with E-state index in [4.69, 9.17) is 0 Å². The van der Waals surface area contributed by atoms with Gasteiger partial charge in [-0.2, -0.15) is 0 Å². The first kappa shape index (κ1) is 15.1. The van der Waals surface area contributed by atoms with E-state index in [0.717, 1.165) is 5.56 Å². The molecule has 0 unspecified atom stereocenters. The summed E-state index contributed by atoms with van der Waals surface area (Å²) in [5, 5.41) is 2.58. The number of benzene rings is 2. The summed E-state index contributed by atoms with van der Waals surface area (Å²) >= 11 is 0. The number of aryl methyl sites for hydroxylation is 1. The number of amides is 1. The van der Waals surface area contributed by atoms with Crippen LogP contribution in [0.3, 0.4) is 0 Å². The molecule has 1 N–H and O–H groups in total. The highest BCUT2D eigenvalue weighted by Gasteiger charge is 2.05. The van der Waals surface area contributed by atoms with Gasteiger partial charge in [0.25, 0.3) is 0 Å². The molecule has 6 heteroatoms.